The van der Waals surface area contributed by atoms with E-state index in [1.165, 1.54) is 29.2 Å². The molecule has 0 saturated heterocycles. The van der Waals surface area contributed by atoms with E-state index in [-0.39, 0.29) is 23.6 Å². The van der Waals surface area contributed by atoms with Crippen LogP contribution in [-0.2, 0) is 6.18 Å². The fourth-order valence-electron chi connectivity index (χ4n) is 3.76. The summed E-state index contributed by atoms with van der Waals surface area (Å²) in [7, 11) is 0. The number of alkyl halides is 3. The summed E-state index contributed by atoms with van der Waals surface area (Å²) < 4.78 is 41.3. The van der Waals surface area contributed by atoms with Crippen molar-refractivity contribution in [3.63, 3.8) is 0 Å². The van der Waals surface area contributed by atoms with Gasteiger partial charge in [0.05, 0.1) is 5.52 Å². The van der Waals surface area contributed by atoms with Crippen LogP contribution in [0.25, 0.3) is 10.9 Å². The number of amides is 1. The van der Waals surface area contributed by atoms with Gasteiger partial charge in [-0.2, -0.15) is 13.2 Å². The predicted molar refractivity (Wildman–Crippen MR) is 108 cm³/mol. The number of nitrogens with zero attached hydrogens (tertiary/aromatic N) is 3. The molecule has 30 heavy (non-hydrogen) atoms. The number of hydrogen-bond acceptors (Lipinski definition) is 4. The summed E-state index contributed by atoms with van der Waals surface area (Å²) in [4.78, 5) is 19.8. The first-order valence-corrected chi connectivity index (χ1v) is 9.90. The quantitative estimate of drug-likeness (QED) is 0.599. The number of carbonyl (C=O) groups excluding carboxylic acids is 1. The molecule has 0 bridgehead atoms. The van der Waals surface area contributed by atoms with E-state index in [2.05, 4.69) is 20.6 Å². The fraction of sp³-hybridized carbons (Fsp3) is 0.350. The summed E-state index contributed by atoms with van der Waals surface area (Å²) in [6, 6.07) is 5.15. The van der Waals surface area contributed by atoms with Crippen LogP contribution < -0.4 is 10.6 Å². The molecule has 1 fully saturated rings. The zero-order valence-electron chi connectivity index (χ0n) is 15.8. The molecule has 1 amide bonds. The van der Waals surface area contributed by atoms with Crippen molar-refractivity contribution in [3.05, 3.63) is 53.7 Å². The third kappa shape index (κ3) is 4.51. The standard InChI is InChI=1S/C20H19ClF3N5O/c21-12-4-5-16-15(8-12)17(10-18(28-16)20(22,23)24)26-13-2-1-3-14(9-13)27-19(30)29-7-6-25-11-29/h4-8,10-11,13-14H,1-3,9H2,(H,26,28)(H,27,30)/t13-,14+/m0/s1. The van der Waals surface area contributed by atoms with Gasteiger partial charge in [0.2, 0.25) is 0 Å². The van der Waals surface area contributed by atoms with Crippen LogP contribution in [0.4, 0.5) is 23.7 Å². The number of nitrogens with one attached hydrogen (secondary N) is 2. The Bertz CT molecular complexity index is 1050. The monoisotopic (exact) mass is 437 g/mol. The number of aromatic nitrogens is 3. The minimum Gasteiger partial charge on any atom is -0.382 e. The van der Waals surface area contributed by atoms with E-state index in [4.69, 9.17) is 11.6 Å². The number of carbonyl (C=O) groups is 1. The van der Waals surface area contributed by atoms with Crippen molar-refractivity contribution >= 4 is 34.2 Å². The first-order chi connectivity index (χ1) is 14.3. The molecule has 10 heteroatoms. The number of anilines is 1. The lowest BCUT2D eigenvalue weighted by Crippen LogP contribution is -2.43. The summed E-state index contributed by atoms with van der Waals surface area (Å²) in [5.41, 5.74) is -0.403. The van der Waals surface area contributed by atoms with Crippen LogP contribution in [0.1, 0.15) is 31.4 Å². The highest BCUT2D eigenvalue weighted by atomic mass is 35.5. The minimum absolute atomic E-state index is 0.0927. The Hall–Kier alpha value is -2.81. The van der Waals surface area contributed by atoms with Crippen molar-refractivity contribution < 1.29 is 18.0 Å². The minimum atomic E-state index is -4.56. The van der Waals surface area contributed by atoms with Gasteiger partial charge in [0.1, 0.15) is 12.0 Å². The lowest BCUT2D eigenvalue weighted by Gasteiger charge is -2.31. The van der Waals surface area contributed by atoms with Crippen LogP contribution in [0.2, 0.25) is 5.02 Å². The topological polar surface area (TPSA) is 71.8 Å². The maximum Gasteiger partial charge on any atom is 0.433 e. The number of hydrogen-bond donors (Lipinski definition) is 2. The Labute approximate surface area is 175 Å². The predicted octanol–water partition coefficient (Wildman–Crippen LogP) is 5.08. The molecule has 158 valence electrons. The highest BCUT2D eigenvalue weighted by Gasteiger charge is 2.34. The first kappa shape index (κ1) is 20.5. The van der Waals surface area contributed by atoms with Gasteiger partial charge in [-0.1, -0.05) is 11.6 Å². The summed E-state index contributed by atoms with van der Waals surface area (Å²) >= 11 is 6.06. The van der Waals surface area contributed by atoms with E-state index >= 15 is 0 Å². The zero-order chi connectivity index (χ0) is 21.3. The number of imidazole rings is 1. The molecule has 1 saturated carbocycles. The molecular formula is C20H19ClF3N5O. The van der Waals surface area contributed by atoms with Gasteiger partial charge in [-0.3, -0.25) is 4.57 Å². The molecule has 2 aromatic heterocycles. The molecule has 1 aliphatic carbocycles. The van der Waals surface area contributed by atoms with E-state index in [9.17, 15) is 18.0 Å². The molecule has 0 aliphatic heterocycles. The Morgan fingerprint density at radius 3 is 2.73 bits per heavy atom. The third-order valence-corrected chi connectivity index (χ3v) is 5.40. The SMILES string of the molecule is O=C(N[C@@H]1CCC[C@H](Nc2cc(C(F)(F)F)nc3ccc(Cl)cc23)C1)n1ccnc1. The number of benzene rings is 1. The molecule has 1 aromatic carbocycles. The summed E-state index contributed by atoms with van der Waals surface area (Å²) in [6.45, 7) is 0. The Balaban J connectivity index is 1.55. The summed E-state index contributed by atoms with van der Waals surface area (Å²) in [5.74, 6) is 0. The molecule has 4 rings (SSSR count). The van der Waals surface area contributed by atoms with Gasteiger partial charge in [0.15, 0.2) is 0 Å². The molecule has 3 aromatic rings. The highest BCUT2D eigenvalue weighted by Crippen LogP contribution is 2.35. The second-order valence-electron chi connectivity index (χ2n) is 7.34. The van der Waals surface area contributed by atoms with Gasteiger partial charge >= 0.3 is 12.2 Å². The molecule has 6 nitrogen and oxygen atoms in total. The summed E-state index contributed by atoms with van der Waals surface area (Å²) in [5, 5.41) is 7.13. The third-order valence-electron chi connectivity index (χ3n) is 5.16. The highest BCUT2D eigenvalue weighted by molar-refractivity contribution is 6.31. The van der Waals surface area contributed by atoms with Crippen LogP contribution in [0.3, 0.4) is 0 Å². The van der Waals surface area contributed by atoms with Crippen molar-refractivity contribution in [2.45, 2.75) is 43.9 Å². The number of fused-ring (bicyclic) bond motifs is 1. The molecule has 2 heterocycles. The van der Waals surface area contributed by atoms with Gasteiger partial charge in [0.25, 0.3) is 0 Å². The van der Waals surface area contributed by atoms with Gasteiger partial charge in [-0.25, -0.2) is 14.8 Å². The van der Waals surface area contributed by atoms with E-state index in [0.717, 1.165) is 25.3 Å². The Morgan fingerprint density at radius 2 is 2.00 bits per heavy atom. The van der Waals surface area contributed by atoms with E-state index in [1.54, 1.807) is 12.3 Å². The van der Waals surface area contributed by atoms with Crippen LogP contribution in [0, 0.1) is 0 Å². The van der Waals surface area contributed by atoms with Crippen molar-refractivity contribution in [1.29, 1.82) is 0 Å². The second-order valence-corrected chi connectivity index (χ2v) is 7.77. The van der Waals surface area contributed by atoms with Gasteiger partial charge in [-0.15, -0.1) is 0 Å². The average Bonchev–Trinajstić information content (AvgIpc) is 3.23. The summed E-state index contributed by atoms with van der Waals surface area (Å²) in [6.07, 6.45) is 2.94. The van der Waals surface area contributed by atoms with E-state index in [1.807, 2.05) is 0 Å². The molecular weight excluding hydrogens is 419 g/mol. The zero-order valence-corrected chi connectivity index (χ0v) is 16.5. The lowest BCUT2D eigenvalue weighted by atomic mass is 9.90. The van der Waals surface area contributed by atoms with Gasteiger partial charge in [-0.05, 0) is 49.9 Å². The smallest absolute Gasteiger partial charge is 0.382 e. The Morgan fingerprint density at radius 1 is 1.20 bits per heavy atom. The molecule has 2 N–H and O–H groups in total. The maximum absolute atomic E-state index is 13.3. The van der Waals surface area contributed by atoms with Crippen molar-refractivity contribution in [1.82, 2.24) is 19.9 Å². The average molecular weight is 438 g/mol. The van der Waals surface area contributed by atoms with Crippen LogP contribution in [-0.4, -0.2) is 32.6 Å². The van der Waals surface area contributed by atoms with Crippen LogP contribution in [0.5, 0.6) is 0 Å². The molecule has 0 spiro atoms. The molecule has 1 aliphatic rings. The number of rotatable bonds is 3. The normalized spacial score (nSPS) is 19.6. The van der Waals surface area contributed by atoms with Crippen molar-refractivity contribution in [3.8, 4) is 0 Å². The largest absolute Gasteiger partial charge is 0.433 e. The number of halogens is 4. The maximum atomic E-state index is 13.3. The number of pyridine rings is 1. The molecule has 0 unspecified atom stereocenters. The fourth-order valence-corrected chi connectivity index (χ4v) is 3.94. The van der Waals surface area contributed by atoms with Gasteiger partial charge < -0.3 is 10.6 Å². The van der Waals surface area contributed by atoms with Crippen LogP contribution in [0.15, 0.2) is 43.0 Å². The first-order valence-electron chi connectivity index (χ1n) is 9.52. The van der Waals surface area contributed by atoms with Crippen LogP contribution >= 0.6 is 11.6 Å². The Kier molecular flexibility index (Phi) is 5.55. The van der Waals surface area contributed by atoms with E-state index < -0.39 is 11.9 Å². The van der Waals surface area contributed by atoms with E-state index in [0.29, 0.717) is 22.5 Å². The van der Waals surface area contributed by atoms with Gasteiger partial charge in [0, 0.05) is 40.6 Å². The lowest BCUT2D eigenvalue weighted by molar-refractivity contribution is -0.140. The molecule has 2 atom stereocenters. The molecule has 0 radical (unpaired) electrons. The second kappa shape index (κ2) is 8.14. The van der Waals surface area contributed by atoms with Crippen molar-refractivity contribution in [2.75, 3.05) is 5.32 Å². The van der Waals surface area contributed by atoms with Crippen molar-refractivity contribution in [2.24, 2.45) is 0 Å².